The van der Waals surface area contributed by atoms with E-state index in [2.05, 4.69) is 32.9 Å². The molecule has 25 heavy (non-hydrogen) atoms. The van der Waals surface area contributed by atoms with Crippen molar-refractivity contribution in [1.82, 2.24) is 9.55 Å². The number of hydrogen-bond acceptors (Lipinski definition) is 4. The monoisotopic (exact) mass is 493 g/mol. The maximum absolute atomic E-state index is 14.8. The lowest BCUT2D eigenvalue weighted by Crippen LogP contribution is -2.10. The molecule has 0 bridgehead atoms. The molecule has 0 aliphatic carbocycles. The zero-order valence-electron chi connectivity index (χ0n) is 13.1. The van der Waals surface area contributed by atoms with Gasteiger partial charge in [-0.05, 0) is 52.9 Å². The maximum Gasteiger partial charge on any atom is 0.174 e. The van der Waals surface area contributed by atoms with Gasteiger partial charge in [0.25, 0.3) is 0 Å². The fourth-order valence-electron chi connectivity index (χ4n) is 2.37. The quantitative estimate of drug-likeness (QED) is 0.541. The Morgan fingerprint density at radius 2 is 2.00 bits per heavy atom. The van der Waals surface area contributed by atoms with Crippen molar-refractivity contribution in [2.24, 2.45) is 0 Å². The molecule has 1 N–H and O–H groups in total. The molecule has 1 heterocycles. The normalized spacial score (nSPS) is 11.8. The predicted octanol–water partition coefficient (Wildman–Crippen LogP) is 4.22. The van der Waals surface area contributed by atoms with E-state index in [1.807, 2.05) is 6.07 Å². The SMILES string of the molecule is CS(=O)(=O)CCn1cnc2c(F)c(Nc3ccc(I)cc3Cl)ccc21. The summed E-state index contributed by atoms with van der Waals surface area (Å²) >= 11 is 8.32. The summed E-state index contributed by atoms with van der Waals surface area (Å²) in [5, 5.41) is 3.46. The number of halogens is 3. The van der Waals surface area contributed by atoms with Gasteiger partial charge >= 0.3 is 0 Å². The largest absolute Gasteiger partial charge is 0.352 e. The number of imidazole rings is 1. The van der Waals surface area contributed by atoms with E-state index in [0.717, 1.165) is 3.57 Å². The molecule has 1 aromatic heterocycles. The summed E-state index contributed by atoms with van der Waals surface area (Å²) in [4.78, 5) is 4.08. The van der Waals surface area contributed by atoms with Gasteiger partial charge in [-0.2, -0.15) is 0 Å². The number of aromatic nitrogens is 2. The van der Waals surface area contributed by atoms with Crippen LogP contribution < -0.4 is 5.32 Å². The summed E-state index contributed by atoms with van der Waals surface area (Å²) in [6, 6.07) is 8.71. The highest BCUT2D eigenvalue weighted by atomic mass is 127. The third-order valence-electron chi connectivity index (χ3n) is 3.63. The van der Waals surface area contributed by atoms with Crippen LogP contribution >= 0.6 is 34.2 Å². The van der Waals surface area contributed by atoms with Crippen molar-refractivity contribution in [3.63, 3.8) is 0 Å². The number of rotatable bonds is 5. The van der Waals surface area contributed by atoms with Crippen LogP contribution in [0.5, 0.6) is 0 Å². The first kappa shape index (κ1) is 18.4. The number of aryl methyl sites for hydroxylation is 1. The van der Waals surface area contributed by atoms with Gasteiger partial charge in [-0.3, -0.25) is 0 Å². The lowest BCUT2D eigenvalue weighted by atomic mass is 10.2. The molecule has 0 radical (unpaired) electrons. The summed E-state index contributed by atoms with van der Waals surface area (Å²) in [6.45, 7) is 0.227. The van der Waals surface area contributed by atoms with Crippen LogP contribution in [-0.2, 0) is 16.4 Å². The first-order valence-electron chi connectivity index (χ1n) is 7.28. The number of anilines is 2. The van der Waals surface area contributed by atoms with Crippen LogP contribution in [0.15, 0.2) is 36.7 Å². The van der Waals surface area contributed by atoms with E-state index in [1.54, 1.807) is 28.8 Å². The molecule has 132 valence electrons. The second kappa shape index (κ2) is 7.08. The standard InChI is InChI=1S/C16H14ClFIN3O2S/c1-25(23,24)7-6-22-9-20-16-14(22)5-4-13(15(16)18)21-12-3-2-10(19)8-11(12)17/h2-5,8-9,21H,6-7H2,1H3. The molecule has 0 aliphatic rings. The predicted molar refractivity (Wildman–Crippen MR) is 107 cm³/mol. The highest BCUT2D eigenvalue weighted by molar-refractivity contribution is 14.1. The maximum atomic E-state index is 14.8. The third kappa shape index (κ3) is 4.24. The van der Waals surface area contributed by atoms with E-state index in [1.165, 1.54) is 12.6 Å². The van der Waals surface area contributed by atoms with Gasteiger partial charge in [0.05, 0.1) is 34.0 Å². The highest BCUT2D eigenvalue weighted by Gasteiger charge is 2.14. The third-order valence-corrected chi connectivity index (χ3v) is 5.54. The van der Waals surface area contributed by atoms with Crippen LogP contribution in [0.3, 0.4) is 0 Å². The van der Waals surface area contributed by atoms with E-state index in [-0.39, 0.29) is 23.5 Å². The highest BCUT2D eigenvalue weighted by Crippen LogP contribution is 2.30. The Morgan fingerprint density at radius 1 is 1.28 bits per heavy atom. The van der Waals surface area contributed by atoms with Gasteiger partial charge in [0, 0.05) is 16.4 Å². The topological polar surface area (TPSA) is 64.0 Å². The van der Waals surface area contributed by atoms with Gasteiger partial charge in [-0.1, -0.05) is 11.6 Å². The first-order valence-corrected chi connectivity index (χ1v) is 10.8. The van der Waals surface area contributed by atoms with Crippen molar-refractivity contribution in [3.05, 3.63) is 51.1 Å². The van der Waals surface area contributed by atoms with Crippen molar-refractivity contribution < 1.29 is 12.8 Å². The fourth-order valence-corrected chi connectivity index (χ4v) is 3.80. The van der Waals surface area contributed by atoms with Crippen LogP contribution in [0.2, 0.25) is 5.02 Å². The Morgan fingerprint density at radius 3 is 2.68 bits per heavy atom. The Balaban J connectivity index is 1.92. The first-order chi connectivity index (χ1) is 11.7. The average Bonchev–Trinajstić information content (AvgIpc) is 2.93. The fraction of sp³-hybridized carbons (Fsp3) is 0.188. The summed E-state index contributed by atoms with van der Waals surface area (Å²) in [6.07, 6.45) is 2.61. The van der Waals surface area contributed by atoms with Crippen LogP contribution in [0.1, 0.15) is 0 Å². The smallest absolute Gasteiger partial charge is 0.174 e. The zero-order valence-corrected chi connectivity index (χ0v) is 16.9. The number of benzene rings is 2. The molecule has 0 amide bonds. The molecule has 0 spiro atoms. The van der Waals surface area contributed by atoms with Gasteiger partial charge in [-0.15, -0.1) is 0 Å². The molecule has 0 saturated carbocycles. The van der Waals surface area contributed by atoms with Crippen molar-refractivity contribution in [3.8, 4) is 0 Å². The van der Waals surface area contributed by atoms with E-state index < -0.39 is 15.7 Å². The molecule has 9 heteroatoms. The van der Waals surface area contributed by atoms with Gasteiger partial charge < -0.3 is 9.88 Å². The second-order valence-corrected chi connectivity index (χ2v) is 9.52. The van der Waals surface area contributed by atoms with Crippen molar-refractivity contribution in [2.75, 3.05) is 17.3 Å². The average molecular weight is 494 g/mol. The molecule has 0 fully saturated rings. The van der Waals surface area contributed by atoms with Crippen LogP contribution in [-0.4, -0.2) is 30.0 Å². The van der Waals surface area contributed by atoms with Crippen molar-refractivity contribution in [2.45, 2.75) is 6.54 Å². The zero-order chi connectivity index (χ0) is 18.2. The summed E-state index contributed by atoms with van der Waals surface area (Å²) < 4.78 is 40.0. The molecule has 3 aromatic rings. The Bertz CT molecular complexity index is 1050. The molecule has 2 aromatic carbocycles. The van der Waals surface area contributed by atoms with E-state index in [4.69, 9.17) is 11.6 Å². The second-order valence-electron chi connectivity index (χ2n) is 5.61. The number of fused-ring (bicyclic) bond motifs is 1. The minimum Gasteiger partial charge on any atom is -0.352 e. The summed E-state index contributed by atoms with van der Waals surface area (Å²) in [5.74, 6) is -0.538. The Labute approximate surface area is 163 Å². The van der Waals surface area contributed by atoms with Crippen LogP contribution in [0, 0.1) is 9.39 Å². The summed E-state index contributed by atoms with van der Waals surface area (Å²) in [7, 11) is -3.11. The molecule has 3 rings (SSSR count). The summed E-state index contributed by atoms with van der Waals surface area (Å²) in [5.41, 5.74) is 1.57. The minimum absolute atomic E-state index is 0.0294. The van der Waals surface area contributed by atoms with E-state index >= 15 is 0 Å². The van der Waals surface area contributed by atoms with Gasteiger partial charge in [0.1, 0.15) is 15.4 Å². The van der Waals surface area contributed by atoms with Gasteiger partial charge in [0.15, 0.2) is 5.82 Å². The number of nitrogens with one attached hydrogen (secondary N) is 1. The Hall–Kier alpha value is -1.39. The molecule has 0 saturated heterocycles. The van der Waals surface area contributed by atoms with Crippen LogP contribution in [0.25, 0.3) is 11.0 Å². The number of nitrogens with zero attached hydrogens (tertiary/aromatic N) is 2. The lowest BCUT2D eigenvalue weighted by Gasteiger charge is -2.10. The van der Waals surface area contributed by atoms with Gasteiger partial charge in [-0.25, -0.2) is 17.8 Å². The lowest BCUT2D eigenvalue weighted by molar-refractivity contribution is 0.595. The number of hydrogen-bond donors (Lipinski definition) is 1. The molecule has 5 nitrogen and oxygen atoms in total. The van der Waals surface area contributed by atoms with Crippen molar-refractivity contribution in [1.29, 1.82) is 0 Å². The van der Waals surface area contributed by atoms with Gasteiger partial charge in [0.2, 0.25) is 0 Å². The van der Waals surface area contributed by atoms with Crippen LogP contribution in [0.4, 0.5) is 15.8 Å². The number of sulfone groups is 1. The van der Waals surface area contributed by atoms with E-state index in [9.17, 15) is 12.8 Å². The molecular formula is C16H14ClFIN3O2S. The molecule has 0 atom stereocenters. The van der Waals surface area contributed by atoms with Crippen molar-refractivity contribution >= 4 is 66.4 Å². The molecule has 0 unspecified atom stereocenters. The molecule has 0 aliphatic heterocycles. The van der Waals surface area contributed by atoms with E-state index in [0.29, 0.717) is 16.2 Å². The Kier molecular flexibility index (Phi) is 5.21. The minimum atomic E-state index is -3.11. The molecular weight excluding hydrogens is 480 g/mol.